The zero-order valence-electron chi connectivity index (χ0n) is 8.50. The molecule has 0 bridgehead atoms. The number of hydrogen-bond donors (Lipinski definition) is 0. The van der Waals surface area contributed by atoms with Crippen molar-refractivity contribution in [2.75, 3.05) is 0 Å². The average Bonchev–Trinajstić information content (AvgIpc) is 2.76. The first-order chi connectivity index (χ1) is 8.13. The Hall–Kier alpha value is -2.68. The molecule has 0 radical (unpaired) electrons. The predicted octanol–water partition coefficient (Wildman–Crippen LogP) is 2.40. The topological polar surface area (TPSA) is 71.9 Å². The smallest absolute Gasteiger partial charge is 0.293 e. The monoisotopic (exact) mass is 231 g/mol. The van der Waals surface area contributed by atoms with E-state index in [4.69, 9.17) is 5.26 Å². The van der Waals surface area contributed by atoms with E-state index < -0.39 is 10.7 Å². The van der Waals surface area contributed by atoms with Crippen LogP contribution >= 0.6 is 0 Å². The zero-order valence-corrected chi connectivity index (χ0v) is 8.50. The molecule has 17 heavy (non-hydrogen) atoms. The first kappa shape index (κ1) is 10.8. The molecule has 1 heterocycles. The van der Waals surface area contributed by atoms with Gasteiger partial charge in [-0.3, -0.25) is 10.1 Å². The molecule has 0 N–H and O–H groups in total. The Bertz CT molecular complexity index is 628. The summed E-state index contributed by atoms with van der Waals surface area (Å²) in [7, 11) is 0. The van der Waals surface area contributed by atoms with Crippen LogP contribution in [0.15, 0.2) is 36.5 Å². The summed E-state index contributed by atoms with van der Waals surface area (Å²) < 4.78 is 14.4. The number of hydrogen-bond acceptors (Lipinski definition) is 3. The van der Waals surface area contributed by atoms with Crippen LogP contribution in [0.3, 0.4) is 0 Å². The molecule has 1 aromatic heterocycles. The first-order valence-corrected chi connectivity index (χ1v) is 4.65. The third kappa shape index (κ3) is 1.86. The second-order valence-electron chi connectivity index (χ2n) is 3.27. The predicted molar refractivity (Wildman–Crippen MR) is 57.1 cm³/mol. The van der Waals surface area contributed by atoms with Crippen molar-refractivity contribution in [1.82, 2.24) is 4.57 Å². The number of nitro groups is 1. The fourth-order valence-corrected chi connectivity index (χ4v) is 1.53. The summed E-state index contributed by atoms with van der Waals surface area (Å²) in [5.41, 5.74) is -0.00523. The van der Waals surface area contributed by atoms with E-state index in [1.807, 2.05) is 6.07 Å². The van der Waals surface area contributed by atoms with Crippen LogP contribution in [0.5, 0.6) is 0 Å². The molecule has 2 aromatic rings. The summed E-state index contributed by atoms with van der Waals surface area (Å²) in [6.45, 7) is 0. The Balaban J connectivity index is 2.70. The minimum atomic E-state index is -0.615. The maximum absolute atomic E-state index is 13.1. The van der Waals surface area contributed by atoms with Crippen molar-refractivity contribution in [2.24, 2.45) is 0 Å². The second-order valence-corrected chi connectivity index (χ2v) is 3.27. The number of nitro benzene ring substituents is 1. The molecule has 0 spiro atoms. The molecule has 0 fully saturated rings. The van der Waals surface area contributed by atoms with Gasteiger partial charge in [0.15, 0.2) is 0 Å². The van der Waals surface area contributed by atoms with Crippen LogP contribution in [0.1, 0.15) is 5.69 Å². The summed E-state index contributed by atoms with van der Waals surface area (Å²) >= 11 is 0. The highest BCUT2D eigenvalue weighted by Gasteiger charge is 2.17. The molecule has 2 rings (SSSR count). The Morgan fingerprint density at radius 1 is 1.41 bits per heavy atom. The van der Waals surface area contributed by atoms with Gasteiger partial charge in [-0.1, -0.05) is 0 Å². The quantitative estimate of drug-likeness (QED) is 0.588. The van der Waals surface area contributed by atoms with Gasteiger partial charge < -0.3 is 4.57 Å². The molecular weight excluding hydrogens is 225 g/mol. The molecule has 5 nitrogen and oxygen atoms in total. The molecule has 0 saturated carbocycles. The molecule has 0 aliphatic rings. The van der Waals surface area contributed by atoms with Gasteiger partial charge in [0.1, 0.15) is 23.3 Å². The standard InChI is InChI=1S/C11H6FN3O2/c12-8-3-4-10(15(16)17)11(6-8)14-5-1-2-9(14)7-13/h1-6H. The molecule has 1 aromatic carbocycles. The molecule has 0 unspecified atom stereocenters. The molecule has 6 heteroatoms. The third-order valence-electron chi connectivity index (χ3n) is 2.26. The van der Waals surface area contributed by atoms with E-state index in [2.05, 4.69) is 0 Å². The van der Waals surface area contributed by atoms with Crippen LogP contribution in [0.25, 0.3) is 5.69 Å². The van der Waals surface area contributed by atoms with Crippen molar-refractivity contribution in [3.63, 3.8) is 0 Å². The Labute approximate surface area is 95.5 Å². The van der Waals surface area contributed by atoms with Crippen LogP contribution in [0.4, 0.5) is 10.1 Å². The Morgan fingerprint density at radius 3 is 2.82 bits per heavy atom. The lowest BCUT2D eigenvalue weighted by atomic mass is 10.2. The summed E-state index contributed by atoms with van der Waals surface area (Å²) in [4.78, 5) is 10.2. The number of nitriles is 1. The van der Waals surface area contributed by atoms with Gasteiger partial charge in [-0.25, -0.2) is 4.39 Å². The number of aromatic nitrogens is 1. The van der Waals surface area contributed by atoms with Crippen LogP contribution in [-0.2, 0) is 0 Å². The molecule has 0 aliphatic heterocycles. The lowest BCUT2D eigenvalue weighted by molar-refractivity contribution is -0.384. The maximum Gasteiger partial charge on any atom is 0.293 e. The molecule has 84 valence electrons. The zero-order chi connectivity index (χ0) is 12.4. The highest BCUT2D eigenvalue weighted by molar-refractivity contribution is 5.54. The second kappa shape index (κ2) is 4.06. The van der Waals surface area contributed by atoms with Gasteiger partial charge in [0.2, 0.25) is 0 Å². The fourth-order valence-electron chi connectivity index (χ4n) is 1.53. The molecule has 0 aliphatic carbocycles. The van der Waals surface area contributed by atoms with Gasteiger partial charge in [-0.05, 0) is 18.2 Å². The lowest BCUT2D eigenvalue weighted by Crippen LogP contribution is -2.01. The van der Waals surface area contributed by atoms with Crippen molar-refractivity contribution in [3.8, 4) is 11.8 Å². The fraction of sp³-hybridized carbons (Fsp3) is 0. The minimum Gasteiger partial charge on any atom is -0.302 e. The highest BCUT2D eigenvalue weighted by Crippen LogP contribution is 2.25. The third-order valence-corrected chi connectivity index (χ3v) is 2.26. The Kier molecular flexibility index (Phi) is 2.58. The Morgan fingerprint density at radius 2 is 2.18 bits per heavy atom. The van der Waals surface area contributed by atoms with E-state index in [0.717, 1.165) is 18.2 Å². The van der Waals surface area contributed by atoms with Crippen molar-refractivity contribution in [1.29, 1.82) is 5.26 Å². The summed E-state index contributed by atoms with van der Waals surface area (Å²) in [6, 6.07) is 8.05. The van der Waals surface area contributed by atoms with E-state index >= 15 is 0 Å². The normalized spacial score (nSPS) is 9.88. The van der Waals surface area contributed by atoms with Crippen LogP contribution in [0, 0.1) is 27.3 Å². The van der Waals surface area contributed by atoms with E-state index in [1.54, 1.807) is 6.07 Å². The average molecular weight is 231 g/mol. The summed E-state index contributed by atoms with van der Waals surface area (Å²) in [5, 5.41) is 19.6. The lowest BCUT2D eigenvalue weighted by Gasteiger charge is -2.05. The first-order valence-electron chi connectivity index (χ1n) is 4.65. The van der Waals surface area contributed by atoms with Crippen LogP contribution in [0.2, 0.25) is 0 Å². The van der Waals surface area contributed by atoms with Crippen molar-refractivity contribution in [2.45, 2.75) is 0 Å². The minimum absolute atomic E-state index is 0.0385. The number of benzene rings is 1. The van der Waals surface area contributed by atoms with E-state index in [9.17, 15) is 14.5 Å². The van der Waals surface area contributed by atoms with Gasteiger partial charge in [0, 0.05) is 18.3 Å². The van der Waals surface area contributed by atoms with E-state index in [0.29, 0.717) is 0 Å². The highest BCUT2D eigenvalue weighted by atomic mass is 19.1. The van der Waals surface area contributed by atoms with Crippen LogP contribution < -0.4 is 0 Å². The molecule has 0 atom stereocenters. The molecular formula is C11H6FN3O2. The van der Waals surface area contributed by atoms with Gasteiger partial charge in [-0.15, -0.1) is 0 Å². The van der Waals surface area contributed by atoms with Gasteiger partial charge in [0.05, 0.1) is 4.92 Å². The van der Waals surface area contributed by atoms with E-state index in [-0.39, 0.29) is 17.1 Å². The SMILES string of the molecule is N#Cc1cccn1-c1cc(F)ccc1[N+](=O)[O-]. The van der Waals surface area contributed by atoms with Crippen molar-refractivity contribution in [3.05, 3.63) is 58.2 Å². The van der Waals surface area contributed by atoms with Gasteiger partial charge in [-0.2, -0.15) is 5.26 Å². The van der Waals surface area contributed by atoms with Gasteiger partial charge in [0.25, 0.3) is 5.69 Å². The van der Waals surface area contributed by atoms with Gasteiger partial charge >= 0.3 is 0 Å². The van der Waals surface area contributed by atoms with Crippen LogP contribution in [-0.4, -0.2) is 9.49 Å². The molecule has 0 saturated heterocycles. The van der Waals surface area contributed by atoms with Crippen molar-refractivity contribution >= 4 is 5.69 Å². The number of rotatable bonds is 2. The maximum atomic E-state index is 13.1. The summed E-state index contributed by atoms with van der Waals surface area (Å²) in [6.07, 6.45) is 1.47. The number of nitrogens with zero attached hydrogens (tertiary/aromatic N) is 3. The van der Waals surface area contributed by atoms with E-state index in [1.165, 1.54) is 16.8 Å². The summed E-state index contributed by atoms with van der Waals surface area (Å²) in [5.74, 6) is -0.594. The largest absolute Gasteiger partial charge is 0.302 e. The molecule has 0 amide bonds. The van der Waals surface area contributed by atoms with Crippen molar-refractivity contribution < 1.29 is 9.31 Å². The number of halogens is 1.